The maximum absolute atomic E-state index is 5.68. The van der Waals surface area contributed by atoms with Gasteiger partial charge >= 0.3 is 0 Å². The highest BCUT2D eigenvalue weighted by Crippen LogP contribution is 2.27. The molecule has 4 aromatic rings. The van der Waals surface area contributed by atoms with E-state index in [9.17, 15) is 0 Å². The van der Waals surface area contributed by atoms with Gasteiger partial charge in [0.15, 0.2) is 10.9 Å². The van der Waals surface area contributed by atoms with Gasteiger partial charge in [-0.15, -0.1) is 0 Å². The number of likely N-dealkylation sites (tertiary alicyclic amines) is 1. The van der Waals surface area contributed by atoms with Crippen LogP contribution < -0.4 is 5.32 Å². The lowest BCUT2D eigenvalue weighted by Gasteiger charge is -2.33. The fourth-order valence-corrected chi connectivity index (χ4v) is 5.01. The van der Waals surface area contributed by atoms with Crippen LogP contribution in [-0.2, 0) is 13.0 Å². The molecule has 5 rings (SSSR count). The van der Waals surface area contributed by atoms with E-state index in [2.05, 4.69) is 60.2 Å². The molecule has 1 saturated heterocycles. The summed E-state index contributed by atoms with van der Waals surface area (Å²) in [7, 11) is 0. The highest BCUT2D eigenvalue weighted by molar-refractivity contribution is 7.80. The molecule has 0 spiro atoms. The van der Waals surface area contributed by atoms with Gasteiger partial charge in [0.1, 0.15) is 5.82 Å². The summed E-state index contributed by atoms with van der Waals surface area (Å²) in [5.74, 6) is 2.68. The van der Waals surface area contributed by atoms with Crippen molar-refractivity contribution in [1.82, 2.24) is 29.9 Å². The number of hydrogen-bond acceptors (Lipinski definition) is 5. The number of nitrogens with zero attached hydrogens (tertiary/aromatic N) is 5. The van der Waals surface area contributed by atoms with Gasteiger partial charge < -0.3 is 19.3 Å². The molecule has 3 heterocycles. The molecule has 0 aliphatic carbocycles. The minimum Gasteiger partial charge on any atom is -0.363 e. The van der Waals surface area contributed by atoms with Crippen LogP contribution in [0.25, 0.3) is 11.5 Å². The molecule has 7 nitrogen and oxygen atoms in total. The van der Waals surface area contributed by atoms with Crippen LogP contribution in [0.2, 0.25) is 0 Å². The molecule has 0 amide bonds. The van der Waals surface area contributed by atoms with Crippen LogP contribution in [-0.4, -0.2) is 49.3 Å². The van der Waals surface area contributed by atoms with Crippen LogP contribution in [0.4, 0.5) is 0 Å². The first-order chi connectivity index (χ1) is 17.8. The Balaban J connectivity index is 1.07. The molecule has 0 bridgehead atoms. The van der Waals surface area contributed by atoms with Crippen LogP contribution >= 0.6 is 12.2 Å². The predicted octanol–water partition coefficient (Wildman–Crippen LogP) is 5.06. The molecule has 1 aliphatic rings. The van der Waals surface area contributed by atoms with E-state index in [0.717, 1.165) is 68.2 Å². The highest BCUT2D eigenvalue weighted by atomic mass is 32.1. The number of benzene rings is 2. The van der Waals surface area contributed by atoms with Crippen LogP contribution in [0.5, 0.6) is 0 Å². The Morgan fingerprint density at radius 2 is 1.75 bits per heavy atom. The Morgan fingerprint density at radius 3 is 2.53 bits per heavy atom. The summed E-state index contributed by atoms with van der Waals surface area (Å²) in [6.07, 6.45) is 9.31. The summed E-state index contributed by atoms with van der Waals surface area (Å²) in [4.78, 5) is 11.5. The molecular formula is C28H32N6OS. The van der Waals surface area contributed by atoms with E-state index in [0.29, 0.717) is 24.2 Å². The van der Waals surface area contributed by atoms with Crippen molar-refractivity contribution >= 4 is 17.3 Å². The van der Waals surface area contributed by atoms with Crippen LogP contribution in [0, 0.1) is 0 Å². The Morgan fingerprint density at radius 1 is 1.00 bits per heavy atom. The first-order valence-electron chi connectivity index (χ1n) is 12.7. The lowest BCUT2D eigenvalue weighted by molar-refractivity contribution is 0.300. The van der Waals surface area contributed by atoms with Gasteiger partial charge in [0.05, 0.1) is 6.54 Å². The van der Waals surface area contributed by atoms with Gasteiger partial charge in [-0.3, -0.25) is 0 Å². The highest BCUT2D eigenvalue weighted by Gasteiger charge is 2.25. The number of rotatable bonds is 9. The molecule has 186 valence electrons. The third kappa shape index (κ3) is 6.18. The average Bonchev–Trinajstić information content (AvgIpc) is 3.60. The lowest BCUT2D eigenvalue weighted by Crippen LogP contribution is -2.44. The first-order valence-corrected chi connectivity index (χ1v) is 13.1. The van der Waals surface area contributed by atoms with Gasteiger partial charge in [0.25, 0.3) is 5.89 Å². The minimum atomic E-state index is 0.394. The molecule has 1 N–H and O–H groups in total. The minimum absolute atomic E-state index is 0.394. The topological polar surface area (TPSA) is 72.0 Å². The van der Waals surface area contributed by atoms with Crippen molar-refractivity contribution in [2.75, 3.05) is 19.6 Å². The number of piperidine rings is 1. The van der Waals surface area contributed by atoms with Gasteiger partial charge in [-0.25, -0.2) is 4.98 Å². The molecule has 0 saturated carbocycles. The quantitative estimate of drug-likeness (QED) is 0.254. The molecule has 0 atom stereocenters. The van der Waals surface area contributed by atoms with Crippen LogP contribution in [0.1, 0.15) is 48.8 Å². The maximum Gasteiger partial charge on any atom is 0.257 e. The van der Waals surface area contributed by atoms with Crippen molar-refractivity contribution in [2.24, 2.45) is 0 Å². The zero-order chi connectivity index (χ0) is 24.6. The van der Waals surface area contributed by atoms with Crippen LogP contribution in [0.15, 0.2) is 77.6 Å². The first kappa shape index (κ1) is 24.2. The summed E-state index contributed by atoms with van der Waals surface area (Å²) in [6, 6.07) is 20.5. The summed E-state index contributed by atoms with van der Waals surface area (Å²) in [6.45, 7) is 3.35. The van der Waals surface area contributed by atoms with E-state index in [4.69, 9.17) is 16.7 Å². The smallest absolute Gasteiger partial charge is 0.257 e. The molecular weight excluding hydrogens is 468 g/mol. The van der Waals surface area contributed by atoms with Crippen molar-refractivity contribution in [2.45, 2.75) is 44.6 Å². The number of unbranched alkanes of at least 4 members (excludes halogenated alkanes) is 1. The number of aromatic nitrogens is 4. The average molecular weight is 501 g/mol. The molecule has 8 heteroatoms. The van der Waals surface area contributed by atoms with E-state index in [-0.39, 0.29) is 0 Å². The summed E-state index contributed by atoms with van der Waals surface area (Å²) in [5, 5.41) is 8.51. The second-order valence-corrected chi connectivity index (χ2v) is 9.62. The second-order valence-electron chi connectivity index (χ2n) is 9.23. The van der Waals surface area contributed by atoms with E-state index < -0.39 is 0 Å². The Kier molecular flexibility index (Phi) is 8.03. The molecule has 0 radical (unpaired) electrons. The van der Waals surface area contributed by atoms with Crippen molar-refractivity contribution in [3.05, 3.63) is 90.3 Å². The van der Waals surface area contributed by atoms with Gasteiger partial charge in [-0.05, 0) is 62.0 Å². The van der Waals surface area contributed by atoms with Gasteiger partial charge in [-0.1, -0.05) is 53.7 Å². The molecule has 36 heavy (non-hydrogen) atoms. The van der Waals surface area contributed by atoms with E-state index >= 15 is 0 Å². The largest absolute Gasteiger partial charge is 0.363 e. The van der Waals surface area contributed by atoms with E-state index in [1.54, 1.807) is 0 Å². The van der Waals surface area contributed by atoms with Crippen molar-refractivity contribution < 1.29 is 4.52 Å². The normalized spacial score (nSPS) is 14.2. The second kappa shape index (κ2) is 11.9. The number of thiocarbonyl (C=S) groups is 1. The zero-order valence-electron chi connectivity index (χ0n) is 20.4. The van der Waals surface area contributed by atoms with Crippen molar-refractivity contribution in [3.8, 4) is 11.5 Å². The lowest BCUT2D eigenvalue weighted by atomic mass is 9.96. The predicted molar refractivity (Wildman–Crippen MR) is 145 cm³/mol. The standard InChI is InChI=1S/C28H32N6OS/c36-28(30-16-8-7-11-22-9-3-1-4-10-22)33-18-14-23(15-19-33)26-29-17-20-34(26)21-25-31-27(35-32-25)24-12-5-2-6-13-24/h1-6,9-10,12-13,17,20,23H,7-8,11,14-16,18-19,21H2,(H,30,36). The third-order valence-electron chi connectivity index (χ3n) is 6.71. The summed E-state index contributed by atoms with van der Waals surface area (Å²) < 4.78 is 7.61. The molecule has 2 aromatic carbocycles. The van der Waals surface area contributed by atoms with Crippen LogP contribution in [0.3, 0.4) is 0 Å². The Bertz CT molecular complexity index is 1230. The van der Waals surface area contributed by atoms with Crippen molar-refractivity contribution in [1.29, 1.82) is 0 Å². The molecule has 2 aromatic heterocycles. The Labute approximate surface area is 217 Å². The fraction of sp³-hybridized carbons (Fsp3) is 0.357. The number of nitrogens with one attached hydrogen (secondary N) is 1. The summed E-state index contributed by atoms with van der Waals surface area (Å²) in [5.41, 5.74) is 2.33. The molecule has 0 unspecified atom stereocenters. The van der Waals surface area contributed by atoms with E-state index in [1.807, 2.05) is 42.7 Å². The third-order valence-corrected chi connectivity index (χ3v) is 7.11. The summed E-state index contributed by atoms with van der Waals surface area (Å²) >= 11 is 5.68. The molecule has 1 aliphatic heterocycles. The zero-order valence-corrected chi connectivity index (χ0v) is 21.2. The fourth-order valence-electron chi connectivity index (χ4n) is 4.73. The maximum atomic E-state index is 5.68. The Hall–Kier alpha value is -3.52. The van der Waals surface area contributed by atoms with Crippen molar-refractivity contribution in [3.63, 3.8) is 0 Å². The molecule has 1 fully saturated rings. The SMILES string of the molecule is S=C(NCCCCc1ccccc1)N1CCC(c2nccn2Cc2noc(-c3ccccc3)n2)CC1. The van der Waals surface area contributed by atoms with Gasteiger partial charge in [-0.2, -0.15) is 4.98 Å². The number of imidazole rings is 1. The number of aryl methyl sites for hydroxylation is 1. The van der Waals surface area contributed by atoms with Gasteiger partial charge in [0.2, 0.25) is 0 Å². The number of hydrogen-bond donors (Lipinski definition) is 1. The van der Waals surface area contributed by atoms with Gasteiger partial charge in [0, 0.05) is 43.5 Å². The monoisotopic (exact) mass is 500 g/mol. The van der Waals surface area contributed by atoms with E-state index in [1.165, 1.54) is 5.56 Å².